The third-order valence-corrected chi connectivity index (χ3v) is 8.12. The molecule has 1 heterocycles. The van der Waals surface area contributed by atoms with Gasteiger partial charge in [0.05, 0.1) is 4.75 Å². The van der Waals surface area contributed by atoms with Crippen LogP contribution >= 0.6 is 0 Å². The van der Waals surface area contributed by atoms with Crippen LogP contribution in [0.5, 0.6) is 0 Å². The lowest BCUT2D eigenvalue weighted by Gasteiger charge is -2.31. The molecule has 1 aliphatic heterocycles. The number of sulfonamides is 1. The zero-order chi connectivity index (χ0) is 20.2. The van der Waals surface area contributed by atoms with Crippen LogP contribution in [-0.2, 0) is 10.0 Å². The van der Waals surface area contributed by atoms with E-state index in [0.29, 0.717) is 5.92 Å². The fourth-order valence-corrected chi connectivity index (χ4v) is 4.84. The molecule has 0 amide bonds. The predicted molar refractivity (Wildman–Crippen MR) is 118 cm³/mol. The van der Waals surface area contributed by atoms with Crippen molar-refractivity contribution in [1.29, 1.82) is 0 Å². The highest BCUT2D eigenvalue weighted by atomic mass is 32.2. The summed E-state index contributed by atoms with van der Waals surface area (Å²) in [5.74, 6) is 0.599. The predicted octanol–water partition coefficient (Wildman–Crippen LogP) is 4.14. The molecule has 0 saturated heterocycles. The molecule has 28 heavy (non-hydrogen) atoms. The van der Waals surface area contributed by atoms with Crippen molar-refractivity contribution in [3.8, 4) is 0 Å². The van der Waals surface area contributed by atoms with Crippen LogP contribution in [0, 0.1) is 5.92 Å². The zero-order valence-electron chi connectivity index (χ0n) is 17.4. The second-order valence-corrected chi connectivity index (χ2v) is 11.6. The van der Waals surface area contributed by atoms with Crippen molar-refractivity contribution in [3.05, 3.63) is 36.4 Å². The fourth-order valence-electron chi connectivity index (χ4n) is 3.81. The molecule has 0 unspecified atom stereocenters. The van der Waals surface area contributed by atoms with Crippen LogP contribution in [0.4, 0.5) is 11.4 Å². The van der Waals surface area contributed by atoms with Crippen molar-refractivity contribution in [1.82, 2.24) is 4.72 Å². The highest BCUT2D eigenvalue weighted by molar-refractivity contribution is 7.90. The minimum absolute atomic E-state index is 0.0818. The lowest BCUT2D eigenvalue weighted by molar-refractivity contribution is 0.322. The summed E-state index contributed by atoms with van der Waals surface area (Å²) in [6, 6.07) is 8.80. The molecule has 0 radical (unpaired) electrons. The van der Waals surface area contributed by atoms with Gasteiger partial charge in [0.25, 0.3) is 0 Å². The van der Waals surface area contributed by atoms with E-state index < -0.39 is 14.8 Å². The number of rotatable bonds is 6. The zero-order valence-corrected chi connectivity index (χ0v) is 18.3. The molecule has 1 aromatic carbocycles. The van der Waals surface area contributed by atoms with E-state index in [-0.39, 0.29) is 6.04 Å². The molecular formula is C22H35N3O2S. The van der Waals surface area contributed by atoms with Crippen LogP contribution in [0.3, 0.4) is 0 Å². The fraction of sp³-hybridized carbons (Fsp3) is 0.636. The summed E-state index contributed by atoms with van der Waals surface area (Å²) >= 11 is 0. The SMILES string of the molecule is CC(C)(C)S(=O)(=O)N[C@H]1CC[C@H](CNc2ccc(N3CC=CCC3)cc2)CC1. The Bertz CT molecular complexity index is 758. The summed E-state index contributed by atoms with van der Waals surface area (Å²) in [6.07, 6.45) is 9.55. The Kier molecular flexibility index (Phi) is 6.71. The van der Waals surface area contributed by atoms with Gasteiger partial charge in [-0.1, -0.05) is 12.2 Å². The Hall–Kier alpha value is -1.53. The normalized spacial score (nSPS) is 23.6. The minimum atomic E-state index is -3.26. The topological polar surface area (TPSA) is 61.4 Å². The Morgan fingerprint density at radius 1 is 1.04 bits per heavy atom. The van der Waals surface area contributed by atoms with Crippen molar-refractivity contribution >= 4 is 21.4 Å². The van der Waals surface area contributed by atoms with E-state index in [9.17, 15) is 8.42 Å². The first-order chi connectivity index (χ1) is 13.2. The maximum Gasteiger partial charge on any atom is 0.216 e. The molecule has 1 fully saturated rings. The first kappa shape index (κ1) is 21.2. The first-order valence-electron chi connectivity index (χ1n) is 10.5. The van der Waals surface area contributed by atoms with E-state index in [1.807, 2.05) is 0 Å². The third-order valence-electron chi connectivity index (χ3n) is 5.86. The molecule has 1 aliphatic carbocycles. The van der Waals surface area contributed by atoms with Gasteiger partial charge in [-0.15, -0.1) is 0 Å². The van der Waals surface area contributed by atoms with Crippen LogP contribution in [0.15, 0.2) is 36.4 Å². The van der Waals surface area contributed by atoms with E-state index in [2.05, 4.69) is 51.4 Å². The lowest BCUT2D eigenvalue weighted by atomic mass is 9.86. The Morgan fingerprint density at radius 2 is 1.71 bits per heavy atom. The summed E-state index contributed by atoms with van der Waals surface area (Å²) in [7, 11) is -3.26. The molecule has 156 valence electrons. The van der Waals surface area contributed by atoms with E-state index in [1.54, 1.807) is 20.8 Å². The lowest BCUT2D eigenvalue weighted by Crippen LogP contribution is -2.46. The molecule has 1 aromatic rings. The molecule has 3 rings (SSSR count). The number of hydrogen-bond acceptors (Lipinski definition) is 4. The number of benzene rings is 1. The van der Waals surface area contributed by atoms with Gasteiger partial charge in [0.1, 0.15) is 0 Å². The van der Waals surface area contributed by atoms with Gasteiger partial charge in [-0.3, -0.25) is 0 Å². The monoisotopic (exact) mass is 405 g/mol. The van der Waals surface area contributed by atoms with Crippen molar-refractivity contribution < 1.29 is 8.42 Å². The summed E-state index contributed by atoms with van der Waals surface area (Å²) in [5, 5.41) is 3.56. The summed E-state index contributed by atoms with van der Waals surface area (Å²) < 4.78 is 26.8. The van der Waals surface area contributed by atoms with E-state index >= 15 is 0 Å². The van der Waals surface area contributed by atoms with Crippen molar-refractivity contribution in [2.24, 2.45) is 5.92 Å². The van der Waals surface area contributed by atoms with E-state index in [4.69, 9.17) is 0 Å². The van der Waals surface area contributed by atoms with Crippen LogP contribution in [0.1, 0.15) is 52.9 Å². The molecule has 5 nitrogen and oxygen atoms in total. The van der Waals surface area contributed by atoms with Crippen LogP contribution < -0.4 is 14.9 Å². The van der Waals surface area contributed by atoms with Gasteiger partial charge in [0.15, 0.2) is 0 Å². The molecule has 0 atom stereocenters. The number of nitrogens with one attached hydrogen (secondary N) is 2. The largest absolute Gasteiger partial charge is 0.385 e. The molecule has 0 bridgehead atoms. The average Bonchev–Trinajstić information content (AvgIpc) is 2.67. The van der Waals surface area contributed by atoms with Crippen LogP contribution in [-0.4, -0.2) is 38.8 Å². The van der Waals surface area contributed by atoms with Crippen LogP contribution in [0.25, 0.3) is 0 Å². The van der Waals surface area contributed by atoms with E-state index in [0.717, 1.165) is 57.4 Å². The average molecular weight is 406 g/mol. The van der Waals surface area contributed by atoms with Gasteiger partial charge in [0.2, 0.25) is 10.0 Å². The maximum absolute atomic E-state index is 12.3. The molecular weight excluding hydrogens is 370 g/mol. The Morgan fingerprint density at radius 3 is 2.29 bits per heavy atom. The minimum Gasteiger partial charge on any atom is -0.385 e. The smallest absolute Gasteiger partial charge is 0.216 e. The molecule has 0 spiro atoms. The molecule has 0 aromatic heterocycles. The van der Waals surface area contributed by atoms with Gasteiger partial charge in [-0.25, -0.2) is 13.1 Å². The number of anilines is 2. The van der Waals surface area contributed by atoms with Gasteiger partial charge in [0, 0.05) is 37.1 Å². The third kappa shape index (κ3) is 5.51. The second kappa shape index (κ2) is 8.87. The molecule has 6 heteroatoms. The molecule has 1 saturated carbocycles. The standard InChI is InChI=1S/C22H35N3O2S/c1-22(2,3)28(26,27)24-20-9-7-18(8-10-20)17-23-19-11-13-21(14-12-19)25-15-5-4-6-16-25/h4-5,11-14,18,20,23-24H,6-10,15-17H2,1-3H3/t18-,20-. The number of nitrogens with zero attached hydrogens (tertiary/aromatic N) is 1. The van der Waals surface area contributed by atoms with Gasteiger partial charge in [-0.05, 0) is 83.1 Å². The van der Waals surface area contributed by atoms with Gasteiger partial charge < -0.3 is 10.2 Å². The summed E-state index contributed by atoms with van der Waals surface area (Å²) in [5.41, 5.74) is 2.44. The van der Waals surface area contributed by atoms with Crippen molar-refractivity contribution in [3.63, 3.8) is 0 Å². The highest BCUT2D eigenvalue weighted by Crippen LogP contribution is 2.27. The Balaban J connectivity index is 1.42. The highest BCUT2D eigenvalue weighted by Gasteiger charge is 2.32. The quantitative estimate of drug-likeness (QED) is 0.698. The summed E-state index contributed by atoms with van der Waals surface area (Å²) in [4.78, 5) is 2.39. The molecule has 2 N–H and O–H groups in total. The maximum atomic E-state index is 12.3. The first-order valence-corrected chi connectivity index (χ1v) is 12.0. The summed E-state index contributed by atoms with van der Waals surface area (Å²) in [6.45, 7) is 8.28. The van der Waals surface area contributed by atoms with Crippen molar-refractivity contribution in [2.75, 3.05) is 29.9 Å². The van der Waals surface area contributed by atoms with Crippen LogP contribution in [0.2, 0.25) is 0 Å². The van der Waals surface area contributed by atoms with Gasteiger partial charge in [-0.2, -0.15) is 0 Å². The van der Waals surface area contributed by atoms with Crippen molar-refractivity contribution in [2.45, 2.75) is 63.7 Å². The number of hydrogen-bond donors (Lipinski definition) is 2. The van der Waals surface area contributed by atoms with Gasteiger partial charge >= 0.3 is 0 Å². The molecule has 2 aliphatic rings. The second-order valence-electron chi connectivity index (χ2n) is 9.09. The Labute approximate surface area is 170 Å². The van der Waals surface area contributed by atoms with E-state index in [1.165, 1.54) is 5.69 Å².